The Hall–Kier alpha value is -4.80. The Morgan fingerprint density at radius 3 is 2.30 bits per heavy atom. The molecular weight excluding hydrogens is 531 g/mol. The maximum Gasteiger partial charge on any atom is 0.266 e. The van der Waals surface area contributed by atoms with Gasteiger partial charge in [-0.2, -0.15) is 5.26 Å². The Balaban J connectivity index is 1.49. The van der Waals surface area contributed by atoms with E-state index in [1.54, 1.807) is 18.2 Å². The van der Waals surface area contributed by atoms with Gasteiger partial charge in [0, 0.05) is 16.3 Å². The molecule has 0 heterocycles. The van der Waals surface area contributed by atoms with Crippen LogP contribution in [0.4, 0.5) is 10.1 Å². The third kappa shape index (κ3) is 7.85. The van der Waals surface area contributed by atoms with Gasteiger partial charge in [-0.05, 0) is 78.7 Å². The topological polar surface area (TPSA) is 80.6 Å². The fourth-order valence-electron chi connectivity index (χ4n) is 3.73. The second-order valence-corrected chi connectivity index (χ2v) is 9.03. The van der Waals surface area contributed by atoms with Crippen LogP contribution in [-0.4, -0.2) is 12.5 Å². The average Bonchev–Trinajstić information content (AvgIpc) is 2.96. The van der Waals surface area contributed by atoms with Crippen molar-refractivity contribution in [3.63, 3.8) is 0 Å². The number of hydrogen-bond donors (Lipinski definition) is 1. The van der Waals surface area contributed by atoms with E-state index >= 15 is 0 Å². The number of anilines is 1. The highest BCUT2D eigenvalue weighted by Crippen LogP contribution is 2.31. The molecule has 1 N–H and O–H groups in total. The van der Waals surface area contributed by atoms with Gasteiger partial charge in [-0.15, -0.1) is 0 Å². The van der Waals surface area contributed by atoms with Gasteiger partial charge in [0.2, 0.25) is 0 Å². The molecule has 0 atom stereocenters. The van der Waals surface area contributed by atoms with Gasteiger partial charge in [0.05, 0.1) is 6.61 Å². The summed E-state index contributed by atoms with van der Waals surface area (Å²) in [5, 5.41) is 12.6. The largest absolute Gasteiger partial charge is 0.490 e. The lowest BCUT2D eigenvalue weighted by atomic mass is 10.1. The maximum absolute atomic E-state index is 13.2. The summed E-state index contributed by atoms with van der Waals surface area (Å²) in [7, 11) is 0. The van der Waals surface area contributed by atoms with Crippen molar-refractivity contribution in [1.82, 2.24) is 0 Å². The first-order valence-corrected chi connectivity index (χ1v) is 12.9. The molecule has 0 unspecified atom stereocenters. The van der Waals surface area contributed by atoms with Crippen molar-refractivity contribution in [2.45, 2.75) is 20.1 Å². The predicted molar refractivity (Wildman–Crippen MR) is 153 cm³/mol. The molecule has 40 heavy (non-hydrogen) atoms. The number of nitrogens with zero attached hydrogens (tertiary/aromatic N) is 1. The van der Waals surface area contributed by atoms with E-state index < -0.39 is 11.7 Å². The molecule has 0 saturated carbocycles. The summed E-state index contributed by atoms with van der Waals surface area (Å²) in [6.45, 7) is 2.96. The number of nitriles is 1. The number of rotatable bonds is 11. The summed E-state index contributed by atoms with van der Waals surface area (Å²) >= 11 is 6.20. The molecule has 0 aliphatic carbocycles. The first-order valence-electron chi connectivity index (χ1n) is 12.5. The molecule has 4 aromatic carbocycles. The summed E-state index contributed by atoms with van der Waals surface area (Å²) in [5.74, 6) is 0.564. The van der Waals surface area contributed by atoms with Crippen molar-refractivity contribution >= 4 is 29.3 Å². The third-order valence-electron chi connectivity index (χ3n) is 5.68. The smallest absolute Gasteiger partial charge is 0.266 e. The Morgan fingerprint density at radius 1 is 0.875 bits per heavy atom. The Morgan fingerprint density at radius 2 is 1.57 bits per heavy atom. The van der Waals surface area contributed by atoms with Crippen LogP contribution in [0, 0.1) is 17.1 Å². The van der Waals surface area contributed by atoms with Crippen LogP contribution >= 0.6 is 11.6 Å². The second kappa shape index (κ2) is 13.8. The van der Waals surface area contributed by atoms with Gasteiger partial charge in [-0.3, -0.25) is 4.79 Å². The molecule has 8 heteroatoms. The van der Waals surface area contributed by atoms with Crippen LogP contribution in [0.2, 0.25) is 5.02 Å². The van der Waals surface area contributed by atoms with Crippen LogP contribution in [0.25, 0.3) is 6.08 Å². The standard InChI is InChI=1S/C32H26ClFN2O4/c1-2-38-31-16-23(8-14-30(31)40-20-22-6-4-3-5-7-22)21-39-29-15-9-26(33)18-24(29)17-25(19-35)32(37)36-28-12-10-27(34)11-13-28/h3-18H,2,20-21H2,1H3,(H,36,37)/b25-17+. The van der Waals surface area contributed by atoms with Crippen molar-refractivity contribution in [3.05, 3.63) is 124 Å². The molecule has 0 radical (unpaired) electrons. The molecule has 0 aliphatic heterocycles. The molecule has 0 bridgehead atoms. The Labute approximate surface area is 237 Å². The number of halogens is 2. The second-order valence-electron chi connectivity index (χ2n) is 8.59. The highest BCUT2D eigenvalue weighted by molar-refractivity contribution is 6.30. The van der Waals surface area contributed by atoms with Crippen molar-refractivity contribution in [3.8, 4) is 23.3 Å². The SMILES string of the molecule is CCOc1cc(COc2ccc(Cl)cc2/C=C(\C#N)C(=O)Nc2ccc(F)cc2)ccc1OCc1ccccc1. The quantitative estimate of drug-likeness (QED) is 0.152. The molecule has 1 amide bonds. The van der Waals surface area contributed by atoms with Crippen LogP contribution in [-0.2, 0) is 18.0 Å². The molecule has 0 spiro atoms. The summed E-state index contributed by atoms with van der Waals surface area (Å²) in [4.78, 5) is 12.7. The van der Waals surface area contributed by atoms with Gasteiger partial charge in [0.25, 0.3) is 5.91 Å². The van der Waals surface area contributed by atoms with E-state index in [1.807, 2.05) is 61.5 Å². The highest BCUT2D eigenvalue weighted by Gasteiger charge is 2.13. The highest BCUT2D eigenvalue weighted by atomic mass is 35.5. The van der Waals surface area contributed by atoms with Crippen molar-refractivity contribution in [2.75, 3.05) is 11.9 Å². The van der Waals surface area contributed by atoms with Gasteiger partial charge in [-0.1, -0.05) is 48.0 Å². The van der Waals surface area contributed by atoms with Crippen molar-refractivity contribution in [2.24, 2.45) is 0 Å². The zero-order valence-corrected chi connectivity index (χ0v) is 22.5. The number of ether oxygens (including phenoxy) is 3. The number of benzene rings is 4. The van der Waals surface area contributed by atoms with Gasteiger partial charge in [0.15, 0.2) is 11.5 Å². The van der Waals surface area contributed by atoms with E-state index in [0.29, 0.717) is 46.7 Å². The number of nitrogens with one attached hydrogen (secondary N) is 1. The van der Waals surface area contributed by atoms with E-state index in [4.69, 9.17) is 25.8 Å². The van der Waals surface area contributed by atoms with Gasteiger partial charge >= 0.3 is 0 Å². The van der Waals surface area contributed by atoms with Crippen LogP contribution < -0.4 is 19.5 Å². The third-order valence-corrected chi connectivity index (χ3v) is 5.91. The van der Waals surface area contributed by atoms with Crippen LogP contribution in [0.3, 0.4) is 0 Å². The van der Waals surface area contributed by atoms with Crippen LogP contribution in [0.5, 0.6) is 17.2 Å². The van der Waals surface area contributed by atoms with E-state index in [-0.39, 0.29) is 12.2 Å². The lowest BCUT2D eigenvalue weighted by Gasteiger charge is -2.15. The first kappa shape index (κ1) is 28.2. The molecule has 0 aliphatic rings. The average molecular weight is 557 g/mol. The zero-order chi connectivity index (χ0) is 28.3. The first-order chi connectivity index (χ1) is 19.4. The fourth-order valence-corrected chi connectivity index (χ4v) is 3.91. The van der Waals surface area contributed by atoms with E-state index in [9.17, 15) is 14.4 Å². The van der Waals surface area contributed by atoms with Crippen molar-refractivity contribution < 1.29 is 23.4 Å². The Bertz CT molecular complexity index is 1530. The van der Waals surface area contributed by atoms with Gasteiger partial charge < -0.3 is 19.5 Å². The molecule has 0 fully saturated rings. The van der Waals surface area contributed by atoms with E-state index in [1.165, 1.54) is 30.3 Å². The summed E-state index contributed by atoms with van der Waals surface area (Å²) in [5.41, 5.74) is 2.51. The lowest BCUT2D eigenvalue weighted by Crippen LogP contribution is -2.13. The molecule has 4 rings (SSSR count). The monoisotopic (exact) mass is 556 g/mol. The molecular formula is C32H26ClFN2O4. The van der Waals surface area contributed by atoms with Crippen LogP contribution in [0.15, 0.2) is 96.6 Å². The van der Waals surface area contributed by atoms with E-state index in [2.05, 4.69) is 5.32 Å². The number of hydrogen-bond acceptors (Lipinski definition) is 5. The van der Waals surface area contributed by atoms with Gasteiger partial charge in [0.1, 0.15) is 36.4 Å². The fraction of sp³-hybridized carbons (Fsp3) is 0.125. The molecule has 6 nitrogen and oxygen atoms in total. The summed E-state index contributed by atoms with van der Waals surface area (Å²) in [6.07, 6.45) is 1.40. The Kier molecular flexibility index (Phi) is 9.76. The van der Waals surface area contributed by atoms with Crippen molar-refractivity contribution in [1.29, 1.82) is 5.26 Å². The number of amides is 1. The molecule has 4 aromatic rings. The lowest BCUT2D eigenvalue weighted by molar-refractivity contribution is -0.112. The zero-order valence-electron chi connectivity index (χ0n) is 21.7. The number of carbonyl (C=O) groups excluding carboxylic acids is 1. The minimum Gasteiger partial charge on any atom is -0.490 e. The summed E-state index contributed by atoms with van der Waals surface area (Å²) in [6, 6.07) is 27.5. The molecule has 202 valence electrons. The predicted octanol–water partition coefficient (Wildman–Crippen LogP) is 7.58. The maximum atomic E-state index is 13.2. The van der Waals surface area contributed by atoms with Crippen LogP contribution in [0.1, 0.15) is 23.6 Å². The minimum atomic E-state index is -0.646. The van der Waals surface area contributed by atoms with Gasteiger partial charge in [-0.25, -0.2) is 4.39 Å². The molecule has 0 saturated heterocycles. The molecule has 0 aromatic heterocycles. The number of carbonyl (C=O) groups is 1. The normalized spacial score (nSPS) is 10.9. The minimum absolute atomic E-state index is 0.171. The van der Waals surface area contributed by atoms with E-state index in [0.717, 1.165) is 11.1 Å². The summed E-state index contributed by atoms with van der Waals surface area (Å²) < 4.78 is 31.0.